The Kier molecular flexibility index (Phi) is 29.5. The fraction of sp³-hybridized carbons (Fsp3) is 0.810. The van der Waals surface area contributed by atoms with E-state index < -0.39 is 29.5 Å². The van der Waals surface area contributed by atoms with E-state index in [1.54, 1.807) is 24.5 Å². The number of hydrogen-bond donors (Lipinski definition) is 5. The largest absolute Gasteiger partial charge is 0.499 e. The molecule has 0 unspecified atom stereocenters. The molecule has 6 heteroatoms. The Balaban J connectivity index is 6.26. The number of rotatable bonds is 34. The highest BCUT2D eigenvalue weighted by Crippen LogP contribution is 2.40. The third kappa shape index (κ3) is 19.1. The van der Waals surface area contributed by atoms with Crippen LogP contribution in [0.25, 0.3) is 0 Å². The molecule has 0 aliphatic heterocycles. The number of ether oxygens (including phenoxy) is 1. The summed E-state index contributed by atoms with van der Waals surface area (Å²) in [5, 5.41) is 59.0. The first-order chi connectivity index (χ1) is 23.2. The van der Waals surface area contributed by atoms with E-state index in [1.807, 2.05) is 6.08 Å². The summed E-state index contributed by atoms with van der Waals surface area (Å²) in [7, 11) is 0. The highest BCUT2D eigenvalue weighted by molar-refractivity contribution is 5.33. The predicted octanol–water partition coefficient (Wildman–Crippen LogP) is 10.2. The van der Waals surface area contributed by atoms with Gasteiger partial charge in [0, 0.05) is 0 Å². The third-order valence-electron chi connectivity index (χ3n) is 9.49. The summed E-state index contributed by atoms with van der Waals surface area (Å²) in [6.07, 6.45) is 36.4. The lowest BCUT2D eigenvalue weighted by Gasteiger charge is -2.50. The Morgan fingerprint density at radius 2 is 0.875 bits per heavy atom. The van der Waals surface area contributed by atoms with Gasteiger partial charge in [0.2, 0.25) is 0 Å². The maximum atomic E-state index is 12.5. The van der Waals surface area contributed by atoms with Crippen LogP contribution in [-0.4, -0.2) is 61.7 Å². The molecule has 0 bridgehead atoms. The lowest BCUT2D eigenvalue weighted by Crippen LogP contribution is -2.71. The molecule has 0 heterocycles. The van der Waals surface area contributed by atoms with Crippen LogP contribution in [0.4, 0.5) is 0 Å². The number of aliphatic hydroxyl groups excluding tert-OH is 2. The molecule has 5 N–H and O–H groups in total. The Hall–Kier alpha value is -1.44. The van der Waals surface area contributed by atoms with Gasteiger partial charge in [0.1, 0.15) is 23.9 Å². The van der Waals surface area contributed by atoms with Crippen molar-refractivity contribution in [2.24, 2.45) is 0 Å². The molecule has 0 saturated heterocycles. The minimum absolute atomic E-state index is 0.292. The number of unbranched alkanes of at least 4 members (excludes halogenated alkanes) is 20. The van der Waals surface area contributed by atoms with Crippen LogP contribution in [0.5, 0.6) is 0 Å². The van der Waals surface area contributed by atoms with Crippen molar-refractivity contribution >= 4 is 0 Å². The van der Waals surface area contributed by atoms with Gasteiger partial charge in [-0.15, -0.1) is 0 Å². The molecule has 0 radical (unpaired) electrons. The maximum absolute atomic E-state index is 12.5. The predicted molar refractivity (Wildman–Crippen MR) is 204 cm³/mol. The summed E-state index contributed by atoms with van der Waals surface area (Å²) in [4.78, 5) is 0. The molecule has 0 amide bonds. The lowest BCUT2D eigenvalue weighted by molar-refractivity contribution is -0.229. The molecule has 0 aromatic heterocycles. The zero-order valence-electron chi connectivity index (χ0n) is 31.7. The van der Waals surface area contributed by atoms with Crippen molar-refractivity contribution in [2.75, 3.05) is 13.2 Å². The van der Waals surface area contributed by atoms with Gasteiger partial charge in [0.25, 0.3) is 0 Å². The normalized spacial score (nSPS) is 17.0. The summed E-state index contributed by atoms with van der Waals surface area (Å²) in [6, 6.07) is 0. The topological polar surface area (TPSA) is 110 Å². The molecule has 0 spiro atoms. The van der Waals surface area contributed by atoms with E-state index in [0.717, 1.165) is 96.3 Å². The van der Waals surface area contributed by atoms with Crippen molar-refractivity contribution in [2.45, 2.75) is 205 Å². The van der Waals surface area contributed by atoms with Gasteiger partial charge in [-0.3, -0.25) is 0 Å². The quantitative estimate of drug-likeness (QED) is 0.0263. The van der Waals surface area contributed by atoms with Gasteiger partial charge in [0.15, 0.2) is 5.60 Å². The highest BCUT2D eigenvalue weighted by Gasteiger charge is 2.61. The fourth-order valence-corrected chi connectivity index (χ4v) is 6.08. The molecule has 0 aliphatic rings. The first-order valence-corrected chi connectivity index (χ1v) is 20.0. The number of hydrogen-bond acceptors (Lipinski definition) is 6. The van der Waals surface area contributed by atoms with Crippen LogP contribution in [0, 0.1) is 0 Å². The zero-order valence-corrected chi connectivity index (χ0v) is 31.7. The van der Waals surface area contributed by atoms with Gasteiger partial charge in [-0.1, -0.05) is 167 Å². The monoisotopic (exact) mass is 679 g/mol. The minimum atomic E-state index is -2.44. The van der Waals surface area contributed by atoms with E-state index in [2.05, 4.69) is 27.7 Å². The number of aliphatic hydroxyl groups is 5. The number of allylic oxidation sites excluding steroid dienone is 4. The average molecular weight is 679 g/mol. The smallest absolute Gasteiger partial charge is 0.152 e. The standard InChI is InChI=1S/C42H78O6/c1-5-9-13-17-21-25-29-33-40(45,38-43)42(47,35-31-27-23-19-15-11-7-3)41(46,34-30-26-22-18-14-10-6-2)39(44)37-48-36-32-28-24-20-16-12-8-4/h29-36,39,43-47H,5-28,37-38H2,1-4H3/t39-,40+,41-,42-/m1/s1. The van der Waals surface area contributed by atoms with Crippen molar-refractivity contribution in [1.82, 2.24) is 0 Å². The van der Waals surface area contributed by atoms with Crippen LogP contribution < -0.4 is 0 Å². The van der Waals surface area contributed by atoms with Gasteiger partial charge < -0.3 is 30.3 Å². The van der Waals surface area contributed by atoms with Crippen molar-refractivity contribution < 1.29 is 30.3 Å². The van der Waals surface area contributed by atoms with Gasteiger partial charge in [-0.25, -0.2) is 0 Å². The Morgan fingerprint density at radius 1 is 0.500 bits per heavy atom. The summed E-state index contributed by atoms with van der Waals surface area (Å²) >= 11 is 0. The summed E-state index contributed by atoms with van der Waals surface area (Å²) < 4.78 is 5.69. The van der Waals surface area contributed by atoms with Crippen molar-refractivity contribution in [3.8, 4) is 0 Å². The fourth-order valence-electron chi connectivity index (χ4n) is 6.08. The van der Waals surface area contributed by atoms with E-state index in [0.29, 0.717) is 19.3 Å². The molecule has 0 saturated carbocycles. The SMILES string of the molecule is CCCCCCCC=COC[C@@H](O)[C@](O)(C=CCCCCCCC)[C@@](O)(C=CCCCCCCC)[C@](O)(C=CCCCCCCC)CO. The van der Waals surface area contributed by atoms with Crippen LogP contribution in [0.15, 0.2) is 48.8 Å². The highest BCUT2D eigenvalue weighted by atomic mass is 16.5. The molecule has 48 heavy (non-hydrogen) atoms. The molecule has 0 aromatic carbocycles. The molecule has 0 aliphatic carbocycles. The van der Waals surface area contributed by atoms with E-state index in [9.17, 15) is 25.5 Å². The average Bonchev–Trinajstić information content (AvgIpc) is 3.09. The van der Waals surface area contributed by atoms with Crippen LogP contribution in [0.2, 0.25) is 0 Å². The van der Waals surface area contributed by atoms with E-state index in [4.69, 9.17) is 4.74 Å². The molecule has 6 nitrogen and oxygen atoms in total. The molecule has 0 aromatic rings. The summed E-state index contributed by atoms with van der Waals surface area (Å²) in [5.41, 5.74) is -7.06. The van der Waals surface area contributed by atoms with E-state index in [-0.39, 0.29) is 6.61 Å². The molecule has 0 rings (SSSR count). The van der Waals surface area contributed by atoms with Crippen molar-refractivity contribution in [3.63, 3.8) is 0 Å². The first-order valence-electron chi connectivity index (χ1n) is 20.0. The van der Waals surface area contributed by atoms with Gasteiger partial charge in [-0.2, -0.15) is 0 Å². The second-order valence-electron chi connectivity index (χ2n) is 13.9. The lowest BCUT2D eigenvalue weighted by atomic mass is 9.67. The van der Waals surface area contributed by atoms with Crippen LogP contribution in [0.3, 0.4) is 0 Å². The van der Waals surface area contributed by atoms with Crippen LogP contribution in [0.1, 0.15) is 182 Å². The molecular formula is C42H78O6. The van der Waals surface area contributed by atoms with Gasteiger partial charge >= 0.3 is 0 Å². The Morgan fingerprint density at radius 3 is 1.29 bits per heavy atom. The van der Waals surface area contributed by atoms with Crippen LogP contribution in [-0.2, 0) is 4.74 Å². The van der Waals surface area contributed by atoms with Crippen LogP contribution >= 0.6 is 0 Å². The van der Waals surface area contributed by atoms with Gasteiger partial charge in [-0.05, 0) is 57.4 Å². The maximum Gasteiger partial charge on any atom is 0.152 e. The van der Waals surface area contributed by atoms with E-state index >= 15 is 0 Å². The molecule has 4 atom stereocenters. The molecule has 282 valence electrons. The second-order valence-corrected chi connectivity index (χ2v) is 13.9. The minimum Gasteiger partial charge on any atom is -0.499 e. The first kappa shape index (κ1) is 46.6. The molecule has 0 fully saturated rings. The summed E-state index contributed by atoms with van der Waals surface area (Å²) in [5.74, 6) is 0. The molecular weight excluding hydrogens is 600 g/mol. The second kappa shape index (κ2) is 30.4. The summed E-state index contributed by atoms with van der Waals surface area (Å²) in [6.45, 7) is 7.59. The zero-order chi connectivity index (χ0) is 35.8. The third-order valence-corrected chi connectivity index (χ3v) is 9.49. The van der Waals surface area contributed by atoms with Gasteiger partial charge in [0.05, 0.1) is 12.9 Å². The Bertz CT molecular complexity index is 838. The Labute approximate surface area is 296 Å². The van der Waals surface area contributed by atoms with Crippen molar-refractivity contribution in [3.05, 3.63) is 48.8 Å². The van der Waals surface area contributed by atoms with Crippen molar-refractivity contribution in [1.29, 1.82) is 0 Å². The van der Waals surface area contributed by atoms with E-state index in [1.165, 1.54) is 56.8 Å².